The number of methoxy groups -OCH3 is 2. The molecule has 2 aromatic rings. The van der Waals surface area contributed by atoms with Crippen molar-refractivity contribution < 1.29 is 14.2 Å². The van der Waals surface area contributed by atoms with Crippen LogP contribution in [0.15, 0.2) is 42.5 Å². The van der Waals surface area contributed by atoms with Gasteiger partial charge in [-0.3, -0.25) is 0 Å². The fourth-order valence-corrected chi connectivity index (χ4v) is 1.61. The van der Waals surface area contributed by atoms with Crippen LogP contribution in [0.3, 0.4) is 0 Å². The molecule has 0 aromatic heterocycles. The Bertz CT molecular complexity index is 600. The summed E-state index contributed by atoms with van der Waals surface area (Å²) in [5.74, 6) is 2.55. The predicted molar refractivity (Wildman–Crippen MR) is 70.8 cm³/mol. The van der Waals surface area contributed by atoms with Crippen LogP contribution in [0.2, 0.25) is 0 Å². The quantitative estimate of drug-likeness (QED) is 0.840. The summed E-state index contributed by atoms with van der Waals surface area (Å²) in [6.45, 7) is 0. The zero-order valence-electron chi connectivity index (χ0n) is 10.7. The molecule has 0 radical (unpaired) electrons. The van der Waals surface area contributed by atoms with Crippen LogP contribution >= 0.6 is 0 Å². The Labute approximate surface area is 111 Å². The maximum atomic E-state index is 8.72. The third-order valence-electron chi connectivity index (χ3n) is 2.57. The van der Waals surface area contributed by atoms with Crippen molar-refractivity contribution in [2.45, 2.75) is 0 Å². The number of nitriles is 1. The highest BCUT2D eigenvalue weighted by atomic mass is 16.5. The molecule has 0 aliphatic carbocycles. The Morgan fingerprint density at radius 1 is 0.842 bits per heavy atom. The summed E-state index contributed by atoms with van der Waals surface area (Å²) in [4.78, 5) is 0. The molecule has 0 amide bonds. The molecule has 4 heteroatoms. The van der Waals surface area contributed by atoms with Crippen molar-refractivity contribution in [2.24, 2.45) is 0 Å². The highest BCUT2D eigenvalue weighted by Crippen LogP contribution is 2.33. The number of rotatable bonds is 4. The lowest BCUT2D eigenvalue weighted by atomic mass is 10.2. The molecule has 0 atom stereocenters. The van der Waals surface area contributed by atoms with Crippen molar-refractivity contribution in [3.63, 3.8) is 0 Å². The van der Waals surface area contributed by atoms with Crippen molar-refractivity contribution in [1.29, 1.82) is 5.26 Å². The second-order valence-corrected chi connectivity index (χ2v) is 3.76. The average Bonchev–Trinajstić information content (AvgIpc) is 2.48. The van der Waals surface area contributed by atoms with E-state index in [0.29, 0.717) is 28.6 Å². The van der Waals surface area contributed by atoms with E-state index in [-0.39, 0.29) is 0 Å². The van der Waals surface area contributed by atoms with Gasteiger partial charge in [0.05, 0.1) is 25.9 Å². The highest BCUT2D eigenvalue weighted by molar-refractivity contribution is 5.47. The molecule has 0 saturated carbocycles. The van der Waals surface area contributed by atoms with E-state index in [2.05, 4.69) is 6.07 Å². The first-order valence-electron chi connectivity index (χ1n) is 5.67. The van der Waals surface area contributed by atoms with Crippen LogP contribution in [-0.4, -0.2) is 14.2 Å². The number of benzene rings is 2. The largest absolute Gasteiger partial charge is 0.493 e. The van der Waals surface area contributed by atoms with Gasteiger partial charge in [0.25, 0.3) is 0 Å². The summed E-state index contributed by atoms with van der Waals surface area (Å²) in [6, 6.07) is 14.3. The molecule has 0 unspecified atom stereocenters. The van der Waals surface area contributed by atoms with E-state index in [9.17, 15) is 0 Å². The van der Waals surface area contributed by atoms with E-state index in [4.69, 9.17) is 19.5 Å². The average molecular weight is 255 g/mol. The third-order valence-corrected chi connectivity index (χ3v) is 2.57. The van der Waals surface area contributed by atoms with Crippen LogP contribution < -0.4 is 14.2 Å². The fourth-order valence-electron chi connectivity index (χ4n) is 1.61. The number of hydrogen-bond acceptors (Lipinski definition) is 4. The topological polar surface area (TPSA) is 51.5 Å². The maximum Gasteiger partial charge on any atom is 0.164 e. The number of nitrogens with zero attached hydrogens (tertiary/aromatic N) is 1. The first-order chi connectivity index (χ1) is 9.26. The van der Waals surface area contributed by atoms with Gasteiger partial charge in [-0.15, -0.1) is 0 Å². The smallest absolute Gasteiger partial charge is 0.164 e. The minimum atomic E-state index is 0.597. The van der Waals surface area contributed by atoms with Gasteiger partial charge < -0.3 is 14.2 Å². The lowest BCUT2D eigenvalue weighted by molar-refractivity contribution is 0.352. The molecule has 0 spiro atoms. The summed E-state index contributed by atoms with van der Waals surface area (Å²) in [5, 5.41) is 8.72. The van der Waals surface area contributed by atoms with E-state index in [0.717, 1.165) is 0 Å². The summed E-state index contributed by atoms with van der Waals surface area (Å²) in [7, 11) is 3.16. The van der Waals surface area contributed by atoms with Crippen LogP contribution in [0.25, 0.3) is 0 Å². The summed E-state index contributed by atoms with van der Waals surface area (Å²) >= 11 is 0. The third kappa shape index (κ3) is 2.96. The first-order valence-corrected chi connectivity index (χ1v) is 5.67. The van der Waals surface area contributed by atoms with Gasteiger partial charge >= 0.3 is 0 Å². The van der Waals surface area contributed by atoms with Gasteiger partial charge in [0.2, 0.25) is 0 Å². The van der Waals surface area contributed by atoms with Crippen LogP contribution in [0.1, 0.15) is 5.56 Å². The van der Waals surface area contributed by atoms with Gasteiger partial charge in [0, 0.05) is 6.07 Å². The standard InChI is InChI=1S/C15H13NO3/c1-17-14-8-7-13(9-15(14)18-2)19-12-5-3-11(10-16)4-6-12/h3-9H,1-2H3. The molecule has 0 bridgehead atoms. The zero-order valence-corrected chi connectivity index (χ0v) is 10.7. The SMILES string of the molecule is COc1ccc(Oc2ccc(C#N)cc2)cc1OC. The normalized spacial score (nSPS) is 9.53. The van der Waals surface area contributed by atoms with Gasteiger partial charge in [0.15, 0.2) is 11.5 Å². The molecule has 0 N–H and O–H groups in total. The summed E-state index contributed by atoms with van der Waals surface area (Å²) < 4.78 is 16.0. The lowest BCUT2D eigenvalue weighted by Gasteiger charge is -2.10. The lowest BCUT2D eigenvalue weighted by Crippen LogP contribution is -1.91. The first kappa shape index (κ1) is 12.8. The van der Waals surface area contributed by atoms with Gasteiger partial charge in [-0.1, -0.05) is 0 Å². The van der Waals surface area contributed by atoms with E-state index < -0.39 is 0 Å². The number of hydrogen-bond donors (Lipinski definition) is 0. The highest BCUT2D eigenvalue weighted by Gasteiger charge is 2.06. The molecule has 0 aliphatic rings. The second-order valence-electron chi connectivity index (χ2n) is 3.76. The van der Waals surface area contributed by atoms with E-state index in [1.54, 1.807) is 56.7 Å². The van der Waals surface area contributed by atoms with Crippen molar-refractivity contribution in [3.8, 4) is 29.1 Å². The van der Waals surface area contributed by atoms with Crippen LogP contribution in [-0.2, 0) is 0 Å². The monoisotopic (exact) mass is 255 g/mol. The molecule has 0 aliphatic heterocycles. The predicted octanol–water partition coefficient (Wildman–Crippen LogP) is 3.37. The Morgan fingerprint density at radius 2 is 1.47 bits per heavy atom. The Hall–Kier alpha value is -2.67. The molecule has 2 rings (SSSR count). The molecule has 0 fully saturated rings. The molecule has 96 valence electrons. The van der Waals surface area contributed by atoms with E-state index in [1.165, 1.54) is 0 Å². The summed E-state index contributed by atoms with van der Waals surface area (Å²) in [5.41, 5.74) is 0.597. The van der Waals surface area contributed by atoms with E-state index in [1.807, 2.05) is 0 Å². The van der Waals surface area contributed by atoms with Gasteiger partial charge in [-0.25, -0.2) is 0 Å². The van der Waals surface area contributed by atoms with Gasteiger partial charge in [-0.05, 0) is 36.4 Å². The van der Waals surface area contributed by atoms with Crippen molar-refractivity contribution in [3.05, 3.63) is 48.0 Å². The maximum absolute atomic E-state index is 8.72. The molecular weight excluding hydrogens is 242 g/mol. The van der Waals surface area contributed by atoms with Crippen molar-refractivity contribution >= 4 is 0 Å². The molecular formula is C15H13NO3. The molecule has 0 saturated heterocycles. The Balaban J connectivity index is 2.20. The Morgan fingerprint density at radius 3 is 2.05 bits per heavy atom. The van der Waals surface area contributed by atoms with Crippen LogP contribution in [0.4, 0.5) is 0 Å². The van der Waals surface area contributed by atoms with Crippen molar-refractivity contribution in [1.82, 2.24) is 0 Å². The second kappa shape index (κ2) is 5.78. The van der Waals surface area contributed by atoms with Crippen LogP contribution in [0, 0.1) is 11.3 Å². The molecule has 0 heterocycles. The summed E-state index contributed by atoms with van der Waals surface area (Å²) in [6.07, 6.45) is 0. The zero-order chi connectivity index (χ0) is 13.7. The van der Waals surface area contributed by atoms with E-state index >= 15 is 0 Å². The number of ether oxygens (including phenoxy) is 3. The minimum absolute atomic E-state index is 0.597. The molecule has 19 heavy (non-hydrogen) atoms. The van der Waals surface area contributed by atoms with Gasteiger partial charge in [-0.2, -0.15) is 5.26 Å². The van der Waals surface area contributed by atoms with Crippen molar-refractivity contribution in [2.75, 3.05) is 14.2 Å². The fraction of sp³-hybridized carbons (Fsp3) is 0.133. The van der Waals surface area contributed by atoms with Crippen LogP contribution in [0.5, 0.6) is 23.0 Å². The Kier molecular flexibility index (Phi) is 3.89. The molecule has 2 aromatic carbocycles. The molecule has 4 nitrogen and oxygen atoms in total. The minimum Gasteiger partial charge on any atom is -0.493 e. The van der Waals surface area contributed by atoms with Gasteiger partial charge in [0.1, 0.15) is 11.5 Å².